The Balaban J connectivity index is 0.00000441. The van der Waals surface area contributed by atoms with Crippen LogP contribution in [0.4, 0.5) is 39.5 Å². The van der Waals surface area contributed by atoms with E-state index in [0.29, 0.717) is 12.1 Å². The predicted molar refractivity (Wildman–Crippen MR) is 59.3 cm³/mol. The van der Waals surface area contributed by atoms with Crippen LogP contribution in [-0.4, -0.2) is 5.51 Å². The van der Waals surface area contributed by atoms with Gasteiger partial charge in [0.05, 0.1) is 11.1 Å². The van der Waals surface area contributed by atoms with Crippen molar-refractivity contribution in [2.45, 2.75) is 22.8 Å². The summed E-state index contributed by atoms with van der Waals surface area (Å²) in [5.41, 5.74) is -8.01. The predicted octanol–water partition coefficient (Wildman–Crippen LogP) is 6.27. The molecule has 0 aromatic heterocycles. The summed E-state index contributed by atoms with van der Waals surface area (Å²) >= 11 is -1.04. The molecule has 0 aliphatic carbocycles. The molecule has 0 N–H and O–H groups in total. The second kappa shape index (κ2) is 7.71. The van der Waals surface area contributed by atoms with Crippen molar-refractivity contribution >= 4 is 23.9 Å². The Kier molecular flexibility index (Phi) is 7.70. The minimum absolute atomic E-state index is 0. The topological polar surface area (TPSA) is 14.1 Å². The quantitative estimate of drug-likeness (QED) is 0.295. The van der Waals surface area contributed by atoms with Gasteiger partial charge in [0, 0.05) is 0 Å². The first kappa shape index (κ1) is 22.0. The summed E-state index contributed by atoms with van der Waals surface area (Å²) in [5, 5.41) is 0. The van der Waals surface area contributed by atoms with E-state index in [4.69, 9.17) is 0 Å². The summed E-state index contributed by atoms with van der Waals surface area (Å²) in [5.74, 6) is 0. The molecule has 0 unspecified atom stereocenters. The van der Waals surface area contributed by atoms with E-state index in [1.54, 1.807) is 0 Å². The Morgan fingerprint density at radius 2 is 1.14 bits per heavy atom. The average Bonchev–Trinajstić information content (AvgIpc) is 2.24. The molecular weight excluding hydrogens is 465 g/mol. The fourth-order valence-electron chi connectivity index (χ4n) is 1.08. The van der Waals surface area contributed by atoms with Gasteiger partial charge in [0.25, 0.3) is 0 Å². The second-order valence-corrected chi connectivity index (χ2v) is 5.34. The van der Waals surface area contributed by atoms with Gasteiger partial charge in [-0.15, -0.1) is 0 Å². The summed E-state index contributed by atoms with van der Waals surface area (Å²) in [4.78, 5) is -0.700. The van der Waals surface area contributed by atoms with Crippen LogP contribution in [0.15, 0.2) is 23.1 Å². The molecule has 0 saturated carbocycles. The second-order valence-electron chi connectivity index (χ2n) is 3.44. The number of hydrogen-bond acceptors (Lipinski definition) is 2. The molecule has 1 aromatic carbocycles. The van der Waals surface area contributed by atoms with Gasteiger partial charge in [-0.25, -0.2) is 11.9 Å². The van der Waals surface area contributed by atoms with Crippen LogP contribution in [0.2, 0.25) is 0 Å². The van der Waals surface area contributed by atoms with Gasteiger partial charge in [-0.3, -0.25) is 0 Å². The van der Waals surface area contributed by atoms with Crippen molar-refractivity contribution in [3.05, 3.63) is 33.5 Å². The minimum atomic E-state index is -5.06. The third kappa shape index (κ3) is 7.51. The maximum absolute atomic E-state index is 12.5. The van der Waals surface area contributed by atoms with Gasteiger partial charge in [0.2, 0.25) is 0 Å². The molecule has 130 valence electrons. The molecule has 22 heavy (non-hydrogen) atoms. The SMILES string of the molecule is FC(F)(F)S[N-]Sc1cc(C(F)(F)F)cc(C(F)(F)F)c1.[Ag+]. The molecule has 0 fully saturated rings. The molecule has 13 heteroatoms. The Hall–Kier alpha value is -0.00974. The molecule has 0 bridgehead atoms. The first-order chi connectivity index (χ1) is 9.29. The van der Waals surface area contributed by atoms with Crippen LogP contribution in [0, 0.1) is 0 Å². The van der Waals surface area contributed by atoms with E-state index in [9.17, 15) is 39.5 Å². The van der Waals surface area contributed by atoms with Crippen molar-refractivity contribution in [3.8, 4) is 0 Å². The van der Waals surface area contributed by atoms with Crippen LogP contribution in [0.5, 0.6) is 0 Å². The summed E-state index contributed by atoms with van der Waals surface area (Å²) in [7, 11) is 0. The normalized spacial score (nSPS) is 13.0. The molecule has 0 amide bonds. The molecule has 0 radical (unpaired) electrons. The summed E-state index contributed by atoms with van der Waals surface area (Å²) < 4.78 is 113. The van der Waals surface area contributed by atoms with Crippen LogP contribution >= 0.6 is 23.9 Å². The largest absolute Gasteiger partial charge is 1.00 e. The van der Waals surface area contributed by atoms with Crippen LogP contribution in [0.3, 0.4) is 0 Å². The van der Waals surface area contributed by atoms with Gasteiger partial charge in [0.1, 0.15) is 0 Å². The van der Waals surface area contributed by atoms with Crippen molar-refractivity contribution < 1.29 is 61.9 Å². The third-order valence-electron chi connectivity index (χ3n) is 1.84. The van der Waals surface area contributed by atoms with Crippen LogP contribution in [0.25, 0.3) is 4.13 Å². The number of hydrogen-bond donors (Lipinski definition) is 0. The smallest absolute Gasteiger partial charge is 0.539 e. The Morgan fingerprint density at radius 1 is 0.727 bits per heavy atom. The fraction of sp³-hybridized carbons (Fsp3) is 0.333. The van der Waals surface area contributed by atoms with Gasteiger partial charge in [0.15, 0.2) is 0 Å². The van der Waals surface area contributed by atoms with Gasteiger partial charge < -0.3 is 4.13 Å². The number of halogens is 9. The molecule has 0 spiro atoms. The first-order valence-corrected chi connectivity index (χ1v) is 6.25. The van der Waals surface area contributed by atoms with Crippen LogP contribution in [0.1, 0.15) is 11.1 Å². The monoisotopic (exact) mass is 467 g/mol. The first-order valence-electron chi connectivity index (χ1n) is 4.71. The molecule has 0 aliphatic rings. The molecule has 0 atom stereocenters. The van der Waals surface area contributed by atoms with E-state index in [1.807, 2.05) is 0 Å². The van der Waals surface area contributed by atoms with Gasteiger partial charge >= 0.3 is 40.2 Å². The van der Waals surface area contributed by atoms with Crippen molar-refractivity contribution in [2.75, 3.05) is 0 Å². The molecule has 1 aromatic rings. The molecule has 0 heterocycles. The van der Waals surface area contributed by atoms with Crippen molar-refractivity contribution in [1.82, 2.24) is 0 Å². The van der Waals surface area contributed by atoms with E-state index < -0.39 is 45.8 Å². The molecule has 0 aliphatic heterocycles. The van der Waals surface area contributed by atoms with E-state index in [-0.39, 0.29) is 40.4 Å². The van der Waals surface area contributed by atoms with Crippen LogP contribution in [-0.2, 0) is 34.7 Å². The van der Waals surface area contributed by atoms with E-state index in [2.05, 4.69) is 4.13 Å². The zero-order valence-corrected chi connectivity index (χ0v) is 12.8. The van der Waals surface area contributed by atoms with E-state index in [0.717, 1.165) is 0 Å². The molecule has 1 nitrogen and oxygen atoms in total. The maximum Gasteiger partial charge on any atom is 1.00 e. The molecule has 0 saturated heterocycles. The summed E-state index contributed by atoms with van der Waals surface area (Å²) in [6, 6.07) is 0.460. The minimum Gasteiger partial charge on any atom is -0.539 e. The fourth-order valence-corrected chi connectivity index (χ4v) is 2.27. The summed E-state index contributed by atoms with van der Waals surface area (Å²) in [6.45, 7) is 0. The van der Waals surface area contributed by atoms with Crippen LogP contribution < -0.4 is 0 Å². The number of benzene rings is 1. The number of alkyl halides is 9. The standard InChI is InChI=1S/C9H3F9NS2.Ag/c10-7(11,12)4-1-5(8(13,14)15)3-6(2-4)20-19-21-9(16,17)18;/h1-3H;/q-1;+1. The van der Waals surface area contributed by atoms with Gasteiger partial charge in [-0.05, 0) is 23.1 Å². The molecule has 1 rings (SSSR count). The Labute approximate surface area is 142 Å². The number of rotatable bonds is 3. The average molecular weight is 468 g/mol. The summed E-state index contributed by atoms with van der Waals surface area (Å²) in [6.07, 6.45) is -10.1. The van der Waals surface area contributed by atoms with Gasteiger partial charge in [-0.2, -0.15) is 51.5 Å². The Morgan fingerprint density at radius 3 is 1.45 bits per heavy atom. The maximum atomic E-state index is 12.5. The van der Waals surface area contributed by atoms with E-state index >= 15 is 0 Å². The van der Waals surface area contributed by atoms with Gasteiger partial charge in [-0.1, -0.05) is 0 Å². The zero-order valence-electron chi connectivity index (χ0n) is 9.70. The van der Waals surface area contributed by atoms with E-state index in [1.165, 1.54) is 0 Å². The number of nitrogens with zero attached hydrogens (tertiary/aromatic N) is 1. The van der Waals surface area contributed by atoms with Crippen molar-refractivity contribution in [3.63, 3.8) is 0 Å². The van der Waals surface area contributed by atoms with Crippen molar-refractivity contribution in [1.29, 1.82) is 0 Å². The zero-order chi connectivity index (χ0) is 16.5. The molecular formula is C9H3AgF9NS2. The van der Waals surface area contributed by atoms with Crippen molar-refractivity contribution in [2.24, 2.45) is 0 Å². The third-order valence-corrected chi connectivity index (χ3v) is 3.09. The Bertz CT molecular complexity index is 465.